The van der Waals surface area contributed by atoms with Crippen LogP contribution in [0.4, 0.5) is 14.3 Å². The molecule has 148 valence electrons. The molecule has 3 rings (SSSR count). The molecule has 0 radical (unpaired) electrons. The summed E-state index contributed by atoms with van der Waals surface area (Å²) in [7, 11) is 1.64. The molecule has 0 spiro atoms. The summed E-state index contributed by atoms with van der Waals surface area (Å²) in [5, 5.41) is 10.0. The van der Waals surface area contributed by atoms with E-state index in [2.05, 4.69) is 20.9 Å². The standard InChI is InChI=1S/C18H20FN5O3S/c1-24(16(26)14-5-6-15(25)22-14)9-13-10-28-18(21-13)23-17(27)20-8-11-3-2-4-12(19)7-11/h2-4,7,10,14H,5-6,8-9H2,1H3,(H,22,25)(H2,20,21,23,27). The molecule has 1 aliphatic rings. The second kappa shape index (κ2) is 8.79. The number of carbonyl (C=O) groups excluding carboxylic acids is 3. The van der Waals surface area contributed by atoms with Crippen molar-refractivity contribution in [3.63, 3.8) is 0 Å². The van der Waals surface area contributed by atoms with Crippen LogP contribution in [0.5, 0.6) is 0 Å². The Morgan fingerprint density at radius 1 is 1.43 bits per heavy atom. The lowest BCUT2D eigenvalue weighted by atomic mass is 10.2. The molecule has 8 nitrogen and oxygen atoms in total. The molecule has 1 unspecified atom stereocenters. The third kappa shape index (κ3) is 5.26. The molecule has 0 aliphatic carbocycles. The Hall–Kier alpha value is -3.01. The van der Waals surface area contributed by atoms with Gasteiger partial charge in [-0.25, -0.2) is 14.2 Å². The van der Waals surface area contributed by atoms with E-state index >= 15 is 0 Å². The van der Waals surface area contributed by atoms with Crippen molar-refractivity contribution in [2.75, 3.05) is 12.4 Å². The number of hydrogen-bond acceptors (Lipinski definition) is 5. The Morgan fingerprint density at radius 2 is 2.25 bits per heavy atom. The fraction of sp³-hybridized carbons (Fsp3) is 0.333. The summed E-state index contributed by atoms with van der Waals surface area (Å²) in [6, 6.07) is 5.03. The van der Waals surface area contributed by atoms with E-state index in [1.54, 1.807) is 24.6 Å². The SMILES string of the molecule is CN(Cc1csc(NC(=O)NCc2cccc(F)c2)n1)C(=O)C1CCC(=O)N1. The van der Waals surface area contributed by atoms with Crippen LogP contribution in [-0.4, -0.2) is 40.8 Å². The van der Waals surface area contributed by atoms with Crippen LogP contribution in [0.2, 0.25) is 0 Å². The number of halogens is 1. The third-order valence-electron chi connectivity index (χ3n) is 4.18. The van der Waals surface area contributed by atoms with Crippen molar-refractivity contribution < 1.29 is 18.8 Å². The molecule has 28 heavy (non-hydrogen) atoms. The number of rotatable bonds is 6. The van der Waals surface area contributed by atoms with Gasteiger partial charge in [-0.3, -0.25) is 14.9 Å². The van der Waals surface area contributed by atoms with Gasteiger partial charge in [0.05, 0.1) is 12.2 Å². The van der Waals surface area contributed by atoms with Gasteiger partial charge in [0.2, 0.25) is 11.8 Å². The van der Waals surface area contributed by atoms with E-state index in [1.807, 2.05) is 0 Å². The molecule has 10 heteroatoms. The van der Waals surface area contributed by atoms with Gasteiger partial charge >= 0.3 is 6.03 Å². The van der Waals surface area contributed by atoms with Crippen LogP contribution in [0, 0.1) is 5.82 Å². The van der Waals surface area contributed by atoms with Gasteiger partial charge in [-0.2, -0.15) is 0 Å². The van der Waals surface area contributed by atoms with Crippen molar-refractivity contribution in [3.05, 3.63) is 46.7 Å². The van der Waals surface area contributed by atoms with Crippen molar-refractivity contribution in [1.82, 2.24) is 20.5 Å². The number of urea groups is 1. The first-order valence-electron chi connectivity index (χ1n) is 8.69. The molecule has 2 heterocycles. The van der Waals surface area contributed by atoms with Gasteiger partial charge in [0, 0.05) is 25.4 Å². The van der Waals surface area contributed by atoms with E-state index in [0.717, 1.165) is 0 Å². The summed E-state index contributed by atoms with van der Waals surface area (Å²) in [4.78, 5) is 41.3. The zero-order chi connectivity index (χ0) is 20.1. The molecule has 1 atom stereocenters. The highest BCUT2D eigenvalue weighted by atomic mass is 32.1. The number of nitrogens with one attached hydrogen (secondary N) is 3. The van der Waals surface area contributed by atoms with E-state index in [0.29, 0.717) is 29.2 Å². The highest BCUT2D eigenvalue weighted by Crippen LogP contribution is 2.17. The molecular weight excluding hydrogens is 385 g/mol. The van der Waals surface area contributed by atoms with E-state index in [4.69, 9.17) is 0 Å². The average Bonchev–Trinajstić information content (AvgIpc) is 3.28. The van der Waals surface area contributed by atoms with Crippen LogP contribution in [0.3, 0.4) is 0 Å². The topological polar surface area (TPSA) is 103 Å². The van der Waals surface area contributed by atoms with Crippen LogP contribution < -0.4 is 16.0 Å². The molecule has 4 amide bonds. The first-order valence-corrected chi connectivity index (χ1v) is 9.56. The van der Waals surface area contributed by atoms with E-state index in [9.17, 15) is 18.8 Å². The monoisotopic (exact) mass is 405 g/mol. The number of likely N-dealkylation sites (N-methyl/N-ethyl adjacent to an activating group) is 1. The molecule has 2 aromatic rings. The largest absolute Gasteiger partial charge is 0.344 e. The number of nitrogens with zero attached hydrogens (tertiary/aromatic N) is 2. The lowest BCUT2D eigenvalue weighted by molar-refractivity contribution is -0.133. The van der Waals surface area contributed by atoms with Gasteiger partial charge in [0.15, 0.2) is 5.13 Å². The third-order valence-corrected chi connectivity index (χ3v) is 4.99. The second-order valence-corrected chi connectivity index (χ2v) is 7.29. The summed E-state index contributed by atoms with van der Waals surface area (Å²) in [6.07, 6.45) is 0.858. The summed E-state index contributed by atoms with van der Waals surface area (Å²) < 4.78 is 13.1. The Kier molecular flexibility index (Phi) is 6.19. The van der Waals surface area contributed by atoms with Crippen molar-refractivity contribution in [3.8, 4) is 0 Å². The van der Waals surface area contributed by atoms with Crippen molar-refractivity contribution in [1.29, 1.82) is 0 Å². The maximum absolute atomic E-state index is 13.1. The highest BCUT2D eigenvalue weighted by Gasteiger charge is 2.29. The summed E-state index contributed by atoms with van der Waals surface area (Å²) >= 11 is 1.24. The lowest BCUT2D eigenvalue weighted by Crippen LogP contribution is -2.42. The Morgan fingerprint density at radius 3 is 2.96 bits per heavy atom. The zero-order valence-electron chi connectivity index (χ0n) is 15.2. The smallest absolute Gasteiger partial charge is 0.321 e. The van der Waals surface area contributed by atoms with Gasteiger partial charge in [-0.05, 0) is 24.1 Å². The lowest BCUT2D eigenvalue weighted by Gasteiger charge is -2.19. The minimum atomic E-state index is -0.484. The number of amides is 4. The molecule has 1 aliphatic heterocycles. The van der Waals surface area contributed by atoms with Gasteiger partial charge in [0.1, 0.15) is 11.9 Å². The van der Waals surface area contributed by atoms with Crippen LogP contribution in [0.25, 0.3) is 0 Å². The minimum Gasteiger partial charge on any atom is -0.344 e. The van der Waals surface area contributed by atoms with Gasteiger partial charge in [-0.15, -0.1) is 11.3 Å². The van der Waals surface area contributed by atoms with E-state index in [-0.39, 0.29) is 30.7 Å². The van der Waals surface area contributed by atoms with Crippen molar-refractivity contribution >= 4 is 34.3 Å². The van der Waals surface area contributed by atoms with Crippen LogP contribution in [0.1, 0.15) is 24.1 Å². The van der Waals surface area contributed by atoms with Gasteiger partial charge < -0.3 is 15.5 Å². The van der Waals surface area contributed by atoms with Crippen LogP contribution >= 0.6 is 11.3 Å². The normalized spacial score (nSPS) is 15.8. The zero-order valence-corrected chi connectivity index (χ0v) is 16.0. The van der Waals surface area contributed by atoms with Crippen LogP contribution in [0.15, 0.2) is 29.6 Å². The number of anilines is 1. The molecule has 1 aromatic heterocycles. The summed E-state index contributed by atoms with van der Waals surface area (Å²) in [6.45, 7) is 0.459. The number of benzene rings is 1. The molecule has 1 fully saturated rings. The predicted molar refractivity (Wildman–Crippen MR) is 102 cm³/mol. The first kappa shape index (κ1) is 19.7. The summed E-state index contributed by atoms with van der Waals surface area (Å²) in [5.41, 5.74) is 1.28. The minimum absolute atomic E-state index is 0.115. The molecule has 1 aromatic carbocycles. The predicted octanol–water partition coefficient (Wildman–Crippen LogP) is 1.84. The molecule has 0 saturated carbocycles. The maximum Gasteiger partial charge on any atom is 0.321 e. The number of carbonyl (C=O) groups is 3. The van der Waals surface area contributed by atoms with Crippen molar-refractivity contribution in [2.24, 2.45) is 0 Å². The average molecular weight is 405 g/mol. The van der Waals surface area contributed by atoms with Crippen molar-refractivity contribution in [2.45, 2.75) is 32.0 Å². The fourth-order valence-electron chi connectivity index (χ4n) is 2.79. The number of aromatic nitrogens is 1. The number of thiazole rings is 1. The highest BCUT2D eigenvalue weighted by molar-refractivity contribution is 7.13. The molecule has 1 saturated heterocycles. The Labute approximate surface area is 165 Å². The fourth-order valence-corrected chi connectivity index (χ4v) is 3.49. The maximum atomic E-state index is 13.1. The number of hydrogen-bond donors (Lipinski definition) is 3. The molecule has 0 bridgehead atoms. The molecule has 3 N–H and O–H groups in total. The Bertz CT molecular complexity index is 888. The second-order valence-electron chi connectivity index (χ2n) is 6.43. The van der Waals surface area contributed by atoms with Gasteiger partial charge in [0.25, 0.3) is 0 Å². The van der Waals surface area contributed by atoms with Gasteiger partial charge in [-0.1, -0.05) is 12.1 Å². The Balaban J connectivity index is 1.47. The quantitative estimate of drug-likeness (QED) is 0.682. The summed E-state index contributed by atoms with van der Waals surface area (Å²) in [5.74, 6) is -0.641. The first-order chi connectivity index (χ1) is 13.4. The van der Waals surface area contributed by atoms with Crippen LogP contribution in [-0.2, 0) is 22.7 Å². The molecular formula is C18H20FN5O3S. The van der Waals surface area contributed by atoms with E-state index < -0.39 is 12.1 Å². The van der Waals surface area contributed by atoms with E-state index in [1.165, 1.54) is 28.4 Å².